The van der Waals surface area contributed by atoms with Crippen LogP contribution in [0, 0.1) is 0 Å². The Morgan fingerprint density at radius 1 is 1.22 bits per heavy atom. The van der Waals surface area contributed by atoms with Crippen molar-refractivity contribution in [2.45, 2.75) is 57.6 Å². The van der Waals surface area contributed by atoms with Gasteiger partial charge in [0, 0.05) is 39.1 Å². The predicted octanol–water partition coefficient (Wildman–Crippen LogP) is 3.50. The maximum absolute atomic E-state index is 12.9. The van der Waals surface area contributed by atoms with Crippen LogP contribution in [0.2, 0.25) is 0 Å². The lowest BCUT2D eigenvalue weighted by molar-refractivity contribution is 0.0209. The molecule has 2 heterocycles. The van der Waals surface area contributed by atoms with Gasteiger partial charge < -0.3 is 19.2 Å². The summed E-state index contributed by atoms with van der Waals surface area (Å²) in [5.41, 5.74) is 1.03. The minimum absolute atomic E-state index is 0.134. The summed E-state index contributed by atoms with van der Waals surface area (Å²) in [6.45, 7) is 2.99. The highest BCUT2D eigenvalue weighted by molar-refractivity contribution is 9.10. The number of unbranched alkanes of at least 4 members (excludes halogenated alkanes) is 1. The highest BCUT2D eigenvalue weighted by Crippen LogP contribution is 2.26. The summed E-state index contributed by atoms with van der Waals surface area (Å²) in [5.74, 6) is -0.175. The molecule has 0 unspecified atom stereocenters. The lowest BCUT2D eigenvalue weighted by Crippen LogP contribution is -2.39. The fourth-order valence-electron chi connectivity index (χ4n) is 3.80. The highest BCUT2D eigenvalue weighted by atomic mass is 79.9. The number of nitrogens with zero attached hydrogens (tertiary/aromatic N) is 2. The standard InChI is InChI=1S/C20H28BrN3O3/c1-4-5-10-27-14-8-6-13(7-9-14)22-19(25)15-11-23(2)18-16(21)12-24(3)20(26)17(15)18/h11-14H,4-10H2,1-3H3,(H,22,25)/t13-,14-. The molecule has 1 amide bonds. The van der Waals surface area contributed by atoms with Crippen molar-refractivity contribution < 1.29 is 9.53 Å². The van der Waals surface area contributed by atoms with Crippen LogP contribution in [0.5, 0.6) is 0 Å². The summed E-state index contributed by atoms with van der Waals surface area (Å²) >= 11 is 3.50. The van der Waals surface area contributed by atoms with Gasteiger partial charge in [0.2, 0.25) is 0 Å². The molecule has 0 aliphatic heterocycles. The third kappa shape index (κ3) is 4.29. The van der Waals surface area contributed by atoms with E-state index in [9.17, 15) is 9.59 Å². The summed E-state index contributed by atoms with van der Waals surface area (Å²) < 4.78 is 10.0. The summed E-state index contributed by atoms with van der Waals surface area (Å²) in [5, 5.41) is 3.58. The Bertz CT molecular complexity index is 879. The van der Waals surface area contributed by atoms with Gasteiger partial charge >= 0.3 is 0 Å². The Hall–Kier alpha value is -1.60. The number of halogens is 1. The molecule has 0 aromatic carbocycles. The number of rotatable bonds is 6. The Balaban J connectivity index is 1.70. The number of aromatic nitrogens is 2. The summed E-state index contributed by atoms with van der Waals surface area (Å²) in [4.78, 5) is 25.5. The van der Waals surface area contributed by atoms with Gasteiger partial charge in [0.1, 0.15) is 0 Å². The molecule has 1 saturated carbocycles. The molecule has 2 aromatic heterocycles. The highest BCUT2D eigenvalue weighted by Gasteiger charge is 2.25. The van der Waals surface area contributed by atoms with Crippen LogP contribution in [-0.4, -0.2) is 33.8 Å². The summed E-state index contributed by atoms with van der Waals surface area (Å²) in [6, 6.07) is 0.134. The quantitative estimate of drug-likeness (QED) is 0.703. The molecule has 0 bridgehead atoms. The average molecular weight is 438 g/mol. The van der Waals surface area contributed by atoms with Gasteiger partial charge in [0.15, 0.2) is 0 Å². The van der Waals surface area contributed by atoms with Crippen molar-refractivity contribution in [2.24, 2.45) is 14.1 Å². The second kappa shape index (κ2) is 8.61. The van der Waals surface area contributed by atoms with E-state index < -0.39 is 0 Å². The molecule has 2 aromatic rings. The van der Waals surface area contributed by atoms with Crippen molar-refractivity contribution in [3.8, 4) is 0 Å². The molecule has 1 fully saturated rings. The van der Waals surface area contributed by atoms with Crippen molar-refractivity contribution in [1.82, 2.24) is 14.5 Å². The normalized spacial score (nSPS) is 20.1. The first kappa shape index (κ1) is 20.1. The van der Waals surface area contributed by atoms with E-state index in [0.717, 1.165) is 55.1 Å². The van der Waals surface area contributed by atoms with Crippen LogP contribution in [0.15, 0.2) is 21.7 Å². The zero-order valence-corrected chi connectivity index (χ0v) is 17.8. The third-order valence-electron chi connectivity index (χ3n) is 5.35. The maximum Gasteiger partial charge on any atom is 0.260 e. The number of hydrogen-bond donors (Lipinski definition) is 1. The molecule has 0 atom stereocenters. The number of aryl methyl sites for hydroxylation is 2. The van der Waals surface area contributed by atoms with Crippen LogP contribution in [-0.2, 0) is 18.8 Å². The van der Waals surface area contributed by atoms with E-state index >= 15 is 0 Å². The first-order valence-electron chi connectivity index (χ1n) is 9.69. The number of nitrogens with one attached hydrogen (secondary N) is 1. The molecule has 7 heteroatoms. The van der Waals surface area contributed by atoms with Crippen LogP contribution in [0.3, 0.4) is 0 Å². The Labute approximate surface area is 168 Å². The van der Waals surface area contributed by atoms with Gasteiger partial charge in [0.05, 0.1) is 27.0 Å². The van der Waals surface area contributed by atoms with Gasteiger partial charge in [-0.15, -0.1) is 0 Å². The van der Waals surface area contributed by atoms with Crippen LogP contribution in [0.1, 0.15) is 55.8 Å². The fraction of sp³-hybridized carbons (Fsp3) is 0.600. The number of carbonyl (C=O) groups excluding carboxylic acids is 1. The van der Waals surface area contributed by atoms with Crippen LogP contribution >= 0.6 is 15.9 Å². The molecule has 148 valence electrons. The van der Waals surface area contributed by atoms with Crippen molar-refractivity contribution >= 4 is 32.7 Å². The summed E-state index contributed by atoms with van der Waals surface area (Å²) in [6.07, 6.45) is 9.79. The molecule has 1 N–H and O–H groups in total. The van der Waals surface area contributed by atoms with E-state index in [0.29, 0.717) is 17.1 Å². The Morgan fingerprint density at radius 2 is 1.93 bits per heavy atom. The monoisotopic (exact) mass is 437 g/mol. The molecular weight excluding hydrogens is 410 g/mol. The van der Waals surface area contributed by atoms with Gasteiger partial charge in [-0.3, -0.25) is 9.59 Å². The number of ether oxygens (including phenoxy) is 1. The van der Waals surface area contributed by atoms with E-state index in [1.807, 2.05) is 11.6 Å². The number of fused-ring (bicyclic) bond motifs is 1. The maximum atomic E-state index is 12.9. The number of carbonyl (C=O) groups is 1. The van der Waals surface area contributed by atoms with Crippen molar-refractivity contribution in [3.05, 3.63) is 32.8 Å². The van der Waals surface area contributed by atoms with Crippen molar-refractivity contribution in [3.63, 3.8) is 0 Å². The van der Waals surface area contributed by atoms with Crippen LogP contribution in [0.25, 0.3) is 10.9 Å². The second-order valence-electron chi connectivity index (χ2n) is 7.44. The molecule has 0 radical (unpaired) electrons. The molecule has 27 heavy (non-hydrogen) atoms. The first-order valence-corrected chi connectivity index (χ1v) is 10.5. The molecule has 0 saturated heterocycles. The zero-order chi connectivity index (χ0) is 19.6. The van der Waals surface area contributed by atoms with E-state index in [2.05, 4.69) is 28.2 Å². The largest absolute Gasteiger partial charge is 0.378 e. The van der Waals surface area contributed by atoms with Gasteiger partial charge in [-0.1, -0.05) is 13.3 Å². The molecule has 3 rings (SSSR count). The number of pyridine rings is 1. The number of amides is 1. The van der Waals surface area contributed by atoms with Gasteiger partial charge in [-0.25, -0.2) is 0 Å². The van der Waals surface area contributed by atoms with E-state index in [4.69, 9.17) is 4.74 Å². The van der Waals surface area contributed by atoms with Crippen molar-refractivity contribution in [2.75, 3.05) is 6.61 Å². The van der Waals surface area contributed by atoms with Gasteiger partial charge in [-0.2, -0.15) is 0 Å². The third-order valence-corrected chi connectivity index (χ3v) is 5.93. The number of hydrogen-bond acceptors (Lipinski definition) is 3. The van der Waals surface area contributed by atoms with E-state index in [-0.39, 0.29) is 17.5 Å². The second-order valence-corrected chi connectivity index (χ2v) is 8.30. The van der Waals surface area contributed by atoms with Crippen molar-refractivity contribution in [1.29, 1.82) is 0 Å². The molecule has 0 spiro atoms. The average Bonchev–Trinajstić information content (AvgIpc) is 2.99. The van der Waals surface area contributed by atoms with E-state index in [1.54, 1.807) is 19.4 Å². The SMILES string of the molecule is CCCCO[C@H]1CC[C@H](NC(=O)c2cn(C)c3c(Br)cn(C)c(=O)c23)CC1. The van der Waals surface area contributed by atoms with Crippen LogP contribution in [0.4, 0.5) is 0 Å². The zero-order valence-electron chi connectivity index (χ0n) is 16.3. The van der Waals surface area contributed by atoms with E-state index in [1.165, 1.54) is 4.57 Å². The molecule has 1 aliphatic carbocycles. The Morgan fingerprint density at radius 3 is 2.59 bits per heavy atom. The molecular formula is C20H28BrN3O3. The molecule has 6 nitrogen and oxygen atoms in total. The minimum atomic E-state index is -0.175. The topological polar surface area (TPSA) is 65.3 Å². The molecule has 1 aliphatic rings. The van der Waals surface area contributed by atoms with Gasteiger partial charge in [-0.05, 0) is 48.0 Å². The lowest BCUT2D eigenvalue weighted by atomic mass is 9.92. The predicted molar refractivity (Wildman–Crippen MR) is 110 cm³/mol. The lowest BCUT2D eigenvalue weighted by Gasteiger charge is -2.29. The van der Waals surface area contributed by atoms with Gasteiger partial charge in [0.25, 0.3) is 11.5 Å². The summed E-state index contributed by atoms with van der Waals surface area (Å²) in [7, 11) is 3.54. The smallest absolute Gasteiger partial charge is 0.260 e. The fourth-order valence-corrected chi connectivity index (χ4v) is 4.59. The Kier molecular flexibility index (Phi) is 6.42. The van der Waals surface area contributed by atoms with Crippen LogP contribution < -0.4 is 10.9 Å². The minimum Gasteiger partial charge on any atom is -0.378 e. The first-order chi connectivity index (χ1) is 12.9.